The van der Waals surface area contributed by atoms with Crippen molar-refractivity contribution in [1.29, 1.82) is 0 Å². The lowest BCUT2D eigenvalue weighted by Crippen LogP contribution is -2.37. The first-order valence-electron chi connectivity index (χ1n) is 5.67. The monoisotopic (exact) mass is 234 g/mol. The van der Waals surface area contributed by atoms with Crippen molar-refractivity contribution < 1.29 is 4.74 Å². The first-order chi connectivity index (χ1) is 8.33. The SMILES string of the molecule is Nc1nc(OC2CCCNC2)nc2ccnn12. The quantitative estimate of drug-likeness (QED) is 0.750. The van der Waals surface area contributed by atoms with Crippen molar-refractivity contribution >= 4 is 11.6 Å². The minimum atomic E-state index is 0.119. The third-order valence-electron chi connectivity index (χ3n) is 2.78. The lowest BCUT2D eigenvalue weighted by Gasteiger charge is -2.22. The van der Waals surface area contributed by atoms with Crippen LogP contribution in [-0.4, -0.2) is 38.8 Å². The summed E-state index contributed by atoms with van der Waals surface area (Å²) < 4.78 is 7.19. The molecule has 7 heteroatoms. The van der Waals surface area contributed by atoms with Crippen LogP contribution in [0.5, 0.6) is 6.01 Å². The number of rotatable bonds is 2. The summed E-state index contributed by atoms with van der Waals surface area (Å²) in [5.41, 5.74) is 6.41. The van der Waals surface area contributed by atoms with Crippen LogP contribution >= 0.6 is 0 Å². The van der Waals surface area contributed by atoms with Gasteiger partial charge in [-0.3, -0.25) is 0 Å². The fraction of sp³-hybridized carbons (Fsp3) is 0.500. The van der Waals surface area contributed by atoms with Crippen molar-refractivity contribution in [3.63, 3.8) is 0 Å². The number of piperidine rings is 1. The highest BCUT2D eigenvalue weighted by molar-refractivity contribution is 5.42. The van der Waals surface area contributed by atoms with Crippen LogP contribution in [0.1, 0.15) is 12.8 Å². The predicted molar refractivity (Wildman–Crippen MR) is 61.7 cm³/mol. The zero-order valence-electron chi connectivity index (χ0n) is 9.33. The summed E-state index contributed by atoms with van der Waals surface area (Å²) in [6.07, 6.45) is 3.87. The minimum absolute atomic E-state index is 0.119. The van der Waals surface area contributed by atoms with Crippen molar-refractivity contribution in [3.05, 3.63) is 12.3 Å². The highest BCUT2D eigenvalue weighted by Crippen LogP contribution is 2.14. The van der Waals surface area contributed by atoms with E-state index in [-0.39, 0.29) is 6.10 Å². The van der Waals surface area contributed by atoms with Gasteiger partial charge in [-0.25, -0.2) is 0 Å². The van der Waals surface area contributed by atoms with Crippen molar-refractivity contribution in [2.75, 3.05) is 18.8 Å². The van der Waals surface area contributed by atoms with Gasteiger partial charge in [0.2, 0.25) is 5.95 Å². The number of hydrogen-bond donors (Lipinski definition) is 2. The summed E-state index contributed by atoms with van der Waals surface area (Å²) in [5, 5.41) is 7.28. The van der Waals surface area contributed by atoms with Crippen LogP contribution in [0.2, 0.25) is 0 Å². The van der Waals surface area contributed by atoms with Gasteiger partial charge in [0.25, 0.3) is 0 Å². The molecule has 0 bridgehead atoms. The maximum absolute atomic E-state index is 5.76. The van der Waals surface area contributed by atoms with E-state index < -0.39 is 0 Å². The summed E-state index contributed by atoms with van der Waals surface area (Å²) in [6, 6.07) is 2.09. The molecule has 0 aliphatic carbocycles. The average Bonchev–Trinajstić information content (AvgIpc) is 2.79. The van der Waals surface area contributed by atoms with E-state index in [0.717, 1.165) is 25.9 Å². The fourth-order valence-electron chi connectivity index (χ4n) is 1.95. The number of nitrogens with zero attached hydrogens (tertiary/aromatic N) is 4. The van der Waals surface area contributed by atoms with Crippen molar-refractivity contribution in [1.82, 2.24) is 24.9 Å². The van der Waals surface area contributed by atoms with Gasteiger partial charge in [0, 0.05) is 12.6 Å². The highest BCUT2D eigenvalue weighted by Gasteiger charge is 2.16. The standard InChI is InChI=1S/C10H14N6O/c11-9-15-10(14-8-3-5-13-16(8)9)17-7-2-1-4-12-6-7/h3,5,7,12H,1-2,4,6H2,(H2,11,14,15). The summed E-state index contributed by atoms with van der Waals surface area (Å²) in [6.45, 7) is 1.87. The lowest BCUT2D eigenvalue weighted by atomic mass is 10.1. The molecule has 1 saturated heterocycles. The molecule has 0 aromatic carbocycles. The number of fused-ring (bicyclic) bond motifs is 1. The van der Waals surface area contributed by atoms with E-state index >= 15 is 0 Å². The normalized spacial score (nSPS) is 20.6. The molecule has 7 nitrogen and oxygen atoms in total. The molecule has 1 unspecified atom stereocenters. The minimum Gasteiger partial charge on any atom is -0.459 e. The van der Waals surface area contributed by atoms with Gasteiger partial charge < -0.3 is 15.8 Å². The average molecular weight is 234 g/mol. The van der Waals surface area contributed by atoms with Gasteiger partial charge in [-0.1, -0.05) is 0 Å². The summed E-state index contributed by atoms with van der Waals surface area (Å²) in [5.74, 6) is 0.291. The molecule has 3 heterocycles. The van der Waals surface area contributed by atoms with E-state index in [1.54, 1.807) is 12.3 Å². The molecule has 3 rings (SSSR count). The molecule has 0 radical (unpaired) electrons. The number of nitrogens with one attached hydrogen (secondary N) is 1. The van der Waals surface area contributed by atoms with Crippen molar-refractivity contribution in [2.24, 2.45) is 0 Å². The third kappa shape index (κ3) is 2.01. The van der Waals surface area contributed by atoms with E-state index in [0.29, 0.717) is 17.6 Å². The second-order valence-corrected chi connectivity index (χ2v) is 4.05. The molecule has 3 N–H and O–H groups in total. The topological polar surface area (TPSA) is 90.4 Å². The van der Waals surface area contributed by atoms with Gasteiger partial charge in [0.15, 0.2) is 5.65 Å². The maximum Gasteiger partial charge on any atom is 0.322 e. The number of aromatic nitrogens is 4. The Hall–Kier alpha value is -1.89. The van der Waals surface area contributed by atoms with Crippen LogP contribution in [-0.2, 0) is 0 Å². The molecule has 1 aliphatic heterocycles. The Morgan fingerprint density at radius 2 is 2.41 bits per heavy atom. The third-order valence-corrected chi connectivity index (χ3v) is 2.78. The Morgan fingerprint density at radius 1 is 1.47 bits per heavy atom. The Bertz CT molecular complexity index is 518. The summed E-state index contributed by atoms with van der Waals surface area (Å²) in [7, 11) is 0. The van der Waals surface area contributed by atoms with Gasteiger partial charge >= 0.3 is 6.01 Å². The van der Waals surface area contributed by atoms with Gasteiger partial charge in [-0.05, 0) is 19.4 Å². The number of anilines is 1. The Balaban J connectivity index is 1.84. The van der Waals surface area contributed by atoms with E-state index in [1.807, 2.05) is 0 Å². The summed E-state index contributed by atoms with van der Waals surface area (Å²) >= 11 is 0. The van der Waals surface area contributed by atoms with Crippen LogP contribution < -0.4 is 15.8 Å². The van der Waals surface area contributed by atoms with Gasteiger partial charge in [-0.2, -0.15) is 19.6 Å². The Morgan fingerprint density at radius 3 is 3.24 bits per heavy atom. The van der Waals surface area contributed by atoms with Crippen LogP contribution in [0.3, 0.4) is 0 Å². The van der Waals surface area contributed by atoms with E-state index in [1.165, 1.54) is 4.52 Å². The smallest absolute Gasteiger partial charge is 0.322 e. The second-order valence-electron chi connectivity index (χ2n) is 4.05. The molecule has 0 saturated carbocycles. The molecule has 0 spiro atoms. The second kappa shape index (κ2) is 4.17. The Labute approximate surface area is 98.0 Å². The number of nitrogen functional groups attached to an aromatic ring is 1. The Kier molecular flexibility index (Phi) is 2.52. The van der Waals surface area contributed by atoms with Gasteiger partial charge in [-0.15, -0.1) is 0 Å². The van der Waals surface area contributed by atoms with Gasteiger partial charge in [0.05, 0.1) is 6.20 Å². The van der Waals surface area contributed by atoms with Crippen molar-refractivity contribution in [2.45, 2.75) is 18.9 Å². The molecule has 2 aromatic heterocycles. The molecule has 1 atom stereocenters. The summed E-state index contributed by atoms with van der Waals surface area (Å²) in [4.78, 5) is 8.33. The van der Waals surface area contributed by atoms with Crippen LogP contribution in [0.15, 0.2) is 12.3 Å². The first kappa shape index (κ1) is 10.3. The molecule has 90 valence electrons. The molecule has 17 heavy (non-hydrogen) atoms. The largest absolute Gasteiger partial charge is 0.459 e. The first-order valence-corrected chi connectivity index (χ1v) is 5.67. The zero-order chi connectivity index (χ0) is 11.7. The molecule has 0 amide bonds. The van der Waals surface area contributed by atoms with Crippen LogP contribution in [0, 0.1) is 0 Å². The molecular weight excluding hydrogens is 220 g/mol. The maximum atomic E-state index is 5.76. The number of ether oxygens (including phenoxy) is 1. The highest BCUT2D eigenvalue weighted by atomic mass is 16.5. The van der Waals surface area contributed by atoms with Gasteiger partial charge in [0.1, 0.15) is 6.10 Å². The van der Waals surface area contributed by atoms with Crippen molar-refractivity contribution in [3.8, 4) is 6.01 Å². The predicted octanol–water partition coefficient (Wildman–Crippen LogP) is -0.163. The van der Waals surface area contributed by atoms with E-state index in [4.69, 9.17) is 10.5 Å². The van der Waals surface area contributed by atoms with Crippen LogP contribution in [0.4, 0.5) is 5.95 Å². The van der Waals surface area contributed by atoms with E-state index in [9.17, 15) is 0 Å². The molecular formula is C10H14N6O. The fourth-order valence-corrected chi connectivity index (χ4v) is 1.95. The number of hydrogen-bond acceptors (Lipinski definition) is 6. The molecule has 1 fully saturated rings. The zero-order valence-corrected chi connectivity index (χ0v) is 9.33. The lowest BCUT2D eigenvalue weighted by molar-refractivity contribution is 0.153. The van der Waals surface area contributed by atoms with E-state index in [2.05, 4.69) is 20.4 Å². The molecule has 2 aromatic rings. The molecule has 1 aliphatic rings. The number of nitrogens with two attached hydrogens (primary N) is 1. The van der Waals surface area contributed by atoms with Crippen LogP contribution in [0.25, 0.3) is 5.65 Å².